The fraction of sp³-hybridized carbons (Fsp3) is 0.510. The molecule has 0 fully saturated rings. The number of likely N-dealkylation sites (N-methyl/N-ethyl adjacent to an activating group) is 1. The number of anilines is 1. The number of aromatic nitrogens is 1. The molecule has 1 unspecified atom stereocenters. The first-order valence-corrected chi connectivity index (χ1v) is 23.3. The Morgan fingerprint density at radius 2 is 1.52 bits per heavy atom. The predicted molar refractivity (Wildman–Crippen MR) is 259 cm³/mol. The highest BCUT2D eigenvalue weighted by molar-refractivity contribution is 6.00. The molecule has 1 aliphatic rings. The van der Waals surface area contributed by atoms with Crippen molar-refractivity contribution in [2.24, 2.45) is 5.73 Å². The van der Waals surface area contributed by atoms with E-state index in [1.807, 2.05) is 52.8 Å². The number of allylic oxidation sites excluding steroid dienone is 2. The van der Waals surface area contributed by atoms with Crippen LogP contribution in [-0.2, 0) is 51.5 Å². The number of nitrogens with two attached hydrogens (primary N) is 1. The minimum atomic E-state index is -4.53. The first-order chi connectivity index (χ1) is 32.8. The highest BCUT2D eigenvalue weighted by Gasteiger charge is 2.42. The number of rotatable bonds is 28. The molecule has 0 saturated heterocycles. The van der Waals surface area contributed by atoms with Gasteiger partial charge in [-0.05, 0) is 88.6 Å². The molecule has 1 aromatic heterocycles. The highest BCUT2D eigenvalue weighted by atomic mass is 19.4. The number of pyridine rings is 1. The summed E-state index contributed by atoms with van der Waals surface area (Å²) in [5.41, 5.74) is 6.75. The molecular weight excluding hydrogens is 896 g/mol. The van der Waals surface area contributed by atoms with E-state index in [1.54, 1.807) is 43.4 Å². The highest BCUT2D eigenvalue weighted by Crippen LogP contribution is 2.42. The molecule has 4 amide bonds. The summed E-state index contributed by atoms with van der Waals surface area (Å²) in [7, 11) is 3.33. The van der Waals surface area contributed by atoms with Crippen molar-refractivity contribution in [1.82, 2.24) is 25.4 Å². The van der Waals surface area contributed by atoms with Gasteiger partial charge in [0.15, 0.2) is 0 Å². The normalized spacial score (nSPS) is 14.9. The summed E-state index contributed by atoms with van der Waals surface area (Å²) >= 11 is 0. The lowest BCUT2D eigenvalue weighted by atomic mass is 9.70. The Bertz CT molecular complexity index is 2230. The predicted octanol–water partition coefficient (Wildman–Crippen LogP) is 5.91. The van der Waals surface area contributed by atoms with Gasteiger partial charge < -0.3 is 45.1 Å². The molecule has 378 valence electrons. The quantitative estimate of drug-likeness (QED) is 0.0737. The maximum absolute atomic E-state index is 14.2. The molecule has 3 aromatic rings. The number of methoxy groups -OCH3 is 1. The molecule has 1 aliphatic carbocycles. The lowest BCUT2D eigenvalue weighted by Gasteiger charge is -2.34. The Morgan fingerprint density at radius 3 is 2.17 bits per heavy atom. The van der Waals surface area contributed by atoms with Crippen molar-refractivity contribution in [3.63, 3.8) is 0 Å². The van der Waals surface area contributed by atoms with E-state index in [-0.39, 0.29) is 47.9 Å². The number of ether oxygens (including phenoxy) is 4. The number of halogens is 3. The monoisotopic (exact) mass is 966 g/mol. The van der Waals surface area contributed by atoms with Gasteiger partial charge in [0.25, 0.3) is 5.91 Å². The second kappa shape index (κ2) is 26.9. The van der Waals surface area contributed by atoms with Crippen LogP contribution < -0.4 is 21.3 Å². The van der Waals surface area contributed by atoms with Crippen LogP contribution in [-0.4, -0.2) is 144 Å². The van der Waals surface area contributed by atoms with Gasteiger partial charge in [-0.2, -0.15) is 13.2 Å². The molecule has 4 rings (SSSR count). The number of hydrogen-bond acceptors (Lipinski definition) is 11. The molecule has 0 aliphatic heterocycles. The van der Waals surface area contributed by atoms with Crippen LogP contribution in [0.4, 0.5) is 18.9 Å². The molecule has 18 heteroatoms. The minimum Gasteiger partial charge on any atom is -0.383 e. The van der Waals surface area contributed by atoms with Gasteiger partial charge in [0, 0.05) is 101 Å². The van der Waals surface area contributed by atoms with Gasteiger partial charge in [-0.25, -0.2) is 0 Å². The summed E-state index contributed by atoms with van der Waals surface area (Å²) in [6.07, 6.45) is 2.21. The molecule has 0 radical (unpaired) electrons. The van der Waals surface area contributed by atoms with Crippen LogP contribution >= 0.6 is 0 Å². The maximum Gasteiger partial charge on any atom is 0.416 e. The maximum atomic E-state index is 14.2. The van der Waals surface area contributed by atoms with Crippen molar-refractivity contribution >= 4 is 29.3 Å². The zero-order chi connectivity index (χ0) is 50.6. The average Bonchev–Trinajstić information content (AvgIpc) is 3.32. The molecule has 1 heterocycles. The number of benzene rings is 2. The van der Waals surface area contributed by atoms with Gasteiger partial charge in [0.2, 0.25) is 17.7 Å². The number of nitrogens with one attached hydrogen (secondary N) is 2. The van der Waals surface area contributed by atoms with Crippen molar-refractivity contribution in [2.45, 2.75) is 71.1 Å². The van der Waals surface area contributed by atoms with Gasteiger partial charge >= 0.3 is 6.18 Å². The Balaban J connectivity index is 1.41. The van der Waals surface area contributed by atoms with Gasteiger partial charge in [-0.3, -0.25) is 29.1 Å². The summed E-state index contributed by atoms with van der Waals surface area (Å²) in [6, 6.07) is 13.4. The number of hydrogen-bond donors (Lipinski definition) is 3. The zero-order valence-corrected chi connectivity index (χ0v) is 41.1. The largest absolute Gasteiger partial charge is 0.416 e. The van der Waals surface area contributed by atoms with Crippen molar-refractivity contribution < 1.29 is 51.3 Å². The molecule has 0 bridgehead atoms. The molecule has 69 heavy (non-hydrogen) atoms. The summed E-state index contributed by atoms with van der Waals surface area (Å²) in [5, 5.41) is 5.60. The number of amides is 4. The summed E-state index contributed by atoms with van der Waals surface area (Å²) < 4.78 is 62.3. The lowest BCUT2D eigenvalue weighted by Crippen LogP contribution is -2.44. The van der Waals surface area contributed by atoms with Gasteiger partial charge in [-0.15, -0.1) is 0 Å². The smallest absolute Gasteiger partial charge is 0.383 e. The second-order valence-corrected chi connectivity index (χ2v) is 17.7. The average molecular weight is 966 g/mol. The van der Waals surface area contributed by atoms with Crippen LogP contribution in [0.5, 0.6) is 0 Å². The van der Waals surface area contributed by atoms with E-state index in [4.69, 9.17) is 24.7 Å². The minimum absolute atomic E-state index is 0.0409. The Labute approximate surface area is 404 Å². The SMILES string of the molecule is CCN(CC)c1ccc(C2(C(N)=O)C=CC=C(C(=O)N(C)CCN(CCOC)CCOCCOCCOCCC(=O)NC(C)(C)C)C2)c(-c2cc(C(=O)NCc3cccc(C(F)(F)F)c3)ccn2)c1. The van der Waals surface area contributed by atoms with Crippen molar-refractivity contribution in [2.75, 3.05) is 105 Å². The van der Waals surface area contributed by atoms with E-state index < -0.39 is 29.0 Å². The number of primary amides is 1. The molecular formula is C51H70F3N7O8. The third kappa shape index (κ3) is 17.4. The van der Waals surface area contributed by atoms with Crippen LogP contribution in [0.2, 0.25) is 0 Å². The third-order valence-corrected chi connectivity index (χ3v) is 11.5. The van der Waals surface area contributed by atoms with E-state index in [1.165, 1.54) is 24.4 Å². The standard InChI is InChI=1S/C51H70F3N7O8/c1-8-61(9-2)41-15-16-43(42(34-41)44-33-38(17-20-56-44)46(63)57-36-37-12-10-14-40(32-37)51(52,53)54)50(48(55)65)19-11-13-39(35-50)47(64)59(6)21-22-60(23-26-66-7)24-27-68-29-31-69-30-28-67-25-18-45(62)58-49(3,4)5/h10-17,19-20,32-34H,8-9,18,21-31,35-36H2,1-7H3,(H2,55,65)(H,57,63)(H,58,62). The topological polar surface area (TPSA) is 178 Å². The molecule has 4 N–H and O–H groups in total. The lowest BCUT2D eigenvalue weighted by molar-refractivity contribution is -0.137. The fourth-order valence-corrected chi connectivity index (χ4v) is 7.74. The zero-order valence-electron chi connectivity index (χ0n) is 41.1. The number of carbonyl (C=O) groups excluding carboxylic acids is 4. The van der Waals surface area contributed by atoms with Crippen LogP contribution in [0.1, 0.15) is 74.5 Å². The molecule has 1 atom stereocenters. The summed E-state index contributed by atoms with van der Waals surface area (Å²) in [5.74, 6) is -1.56. The van der Waals surface area contributed by atoms with E-state index >= 15 is 0 Å². The van der Waals surface area contributed by atoms with Crippen LogP contribution in [0, 0.1) is 0 Å². The fourth-order valence-electron chi connectivity index (χ4n) is 7.74. The van der Waals surface area contributed by atoms with E-state index in [2.05, 4.69) is 25.4 Å². The first kappa shape index (κ1) is 55.9. The molecule has 0 saturated carbocycles. The Hall–Kier alpha value is -5.66. The van der Waals surface area contributed by atoms with E-state index in [0.29, 0.717) is 108 Å². The number of carbonyl (C=O) groups is 4. The van der Waals surface area contributed by atoms with Gasteiger partial charge in [0.1, 0.15) is 0 Å². The van der Waals surface area contributed by atoms with Crippen molar-refractivity contribution in [1.29, 1.82) is 0 Å². The van der Waals surface area contributed by atoms with Crippen molar-refractivity contribution in [3.05, 3.63) is 107 Å². The molecule has 15 nitrogen and oxygen atoms in total. The number of nitrogens with zero attached hydrogens (tertiary/aromatic N) is 4. The molecule has 0 spiro atoms. The summed E-state index contributed by atoms with van der Waals surface area (Å²) in [6.45, 7) is 15.9. The van der Waals surface area contributed by atoms with Gasteiger partial charge in [-0.1, -0.05) is 36.4 Å². The summed E-state index contributed by atoms with van der Waals surface area (Å²) in [4.78, 5) is 63.8. The van der Waals surface area contributed by atoms with Gasteiger partial charge in [0.05, 0.1) is 62.9 Å². The Kier molecular flexibility index (Phi) is 21.8. The first-order valence-electron chi connectivity index (χ1n) is 23.3. The second-order valence-electron chi connectivity index (χ2n) is 17.7. The third-order valence-electron chi connectivity index (χ3n) is 11.5. The van der Waals surface area contributed by atoms with E-state index in [0.717, 1.165) is 17.8 Å². The van der Waals surface area contributed by atoms with Crippen molar-refractivity contribution in [3.8, 4) is 11.3 Å². The van der Waals surface area contributed by atoms with Crippen LogP contribution in [0.15, 0.2) is 84.6 Å². The number of alkyl halides is 3. The van der Waals surface area contributed by atoms with Crippen LogP contribution in [0.25, 0.3) is 11.3 Å². The Morgan fingerprint density at radius 1 is 0.841 bits per heavy atom. The molecule has 2 aromatic carbocycles. The van der Waals surface area contributed by atoms with Crippen LogP contribution in [0.3, 0.4) is 0 Å². The van der Waals surface area contributed by atoms with E-state index in [9.17, 15) is 32.3 Å².